The van der Waals surface area contributed by atoms with Gasteiger partial charge in [0, 0.05) is 15.5 Å². The smallest absolute Gasteiger partial charge is 0.256 e. The Morgan fingerprint density at radius 1 is 1.21 bits per heavy atom. The predicted octanol–water partition coefficient (Wildman–Crippen LogP) is 5.95. The number of fused-ring (bicyclic) bond motifs is 3. The quantitative estimate of drug-likeness (QED) is 0.546. The molecule has 1 aliphatic carbocycles. The Labute approximate surface area is 172 Å². The number of rotatable bonds is 2. The highest BCUT2D eigenvalue weighted by Gasteiger charge is 2.34. The van der Waals surface area contributed by atoms with E-state index in [0.29, 0.717) is 16.7 Å². The monoisotopic (exact) mass is 412 g/mol. The van der Waals surface area contributed by atoms with Crippen molar-refractivity contribution in [3.63, 3.8) is 0 Å². The maximum Gasteiger partial charge on any atom is 0.256 e. The Hall–Kier alpha value is -2.24. The van der Waals surface area contributed by atoms with Gasteiger partial charge in [0.15, 0.2) is 6.17 Å². The van der Waals surface area contributed by atoms with Crippen molar-refractivity contribution in [1.82, 2.24) is 5.32 Å². The molecular weight excluding hydrogens is 392 g/mol. The molecule has 1 aliphatic heterocycles. The van der Waals surface area contributed by atoms with Gasteiger partial charge in [-0.05, 0) is 61.4 Å². The van der Waals surface area contributed by atoms with Gasteiger partial charge in [0.1, 0.15) is 16.5 Å². The third-order valence-electron chi connectivity index (χ3n) is 5.66. The largest absolute Gasteiger partial charge is 0.457 e. The highest BCUT2D eigenvalue weighted by Crippen LogP contribution is 2.43. The van der Waals surface area contributed by atoms with Crippen LogP contribution in [0.2, 0.25) is 5.02 Å². The Morgan fingerprint density at radius 2 is 2.07 bits per heavy atom. The molecule has 0 saturated heterocycles. The first-order valence-electron chi connectivity index (χ1n) is 9.58. The molecule has 0 bridgehead atoms. The van der Waals surface area contributed by atoms with Crippen LogP contribution in [0, 0.1) is 12.8 Å². The average Bonchev–Trinajstić information content (AvgIpc) is 3.28. The van der Waals surface area contributed by atoms with Crippen LogP contribution in [0.1, 0.15) is 51.6 Å². The molecule has 2 N–H and O–H groups in total. The third-order valence-corrected chi connectivity index (χ3v) is 7.25. The minimum Gasteiger partial charge on any atom is -0.457 e. The van der Waals surface area contributed by atoms with E-state index in [0.717, 1.165) is 46.7 Å². The van der Waals surface area contributed by atoms with Crippen molar-refractivity contribution in [2.45, 2.75) is 39.3 Å². The number of aryl methyl sites for hydroxylation is 1. The van der Waals surface area contributed by atoms with Gasteiger partial charge in [-0.15, -0.1) is 11.3 Å². The number of carbonyl (C=O) groups excluding carboxylic acids is 1. The lowest BCUT2D eigenvalue weighted by atomic mass is 9.88. The summed E-state index contributed by atoms with van der Waals surface area (Å²) in [7, 11) is 0. The van der Waals surface area contributed by atoms with Crippen LogP contribution in [0.4, 0.5) is 5.00 Å². The van der Waals surface area contributed by atoms with Crippen LogP contribution in [-0.2, 0) is 12.8 Å². The number of hydrogen-bond acceptors (Lipinski definition) is 4. The number of furan rings is 1. The van der Waals surface area contributed by atoms with Crippen LogP contribution in [0.5, 0.6) is 0 Å². The van der Waals surface area contributed by atoms with E-state index in [1.54, 1.807) is 11.3 Å². The summed E-state index contributed by atoms with van der Waals surface area (Å²) in [6, 6.07) is 9.69. The fourth-order valence-corrected chi connectivity index (χ4v) is 5.63. The minimum atomic E-state index is -0.368. The van der Waals surface area contributed by atoms with Gasteiger partial charge in [-0.1, -0.05) is 30.7 Å². The van der Waals surface area contributed by atoms with Crippen molar-refractivity contribution in [2.75, 3.05) is 5.32 Å². The first kappa shape index (κ1) is 17.8. The molecule has 0 radical (unpaired) electrons. The lowest BCUT2D eigenvalue weighted by Gasteiger charge is -2.25. The lowest BCUT2D eigenvalue weighted by Crippen LogP contribution is -2.38. The molecule has 2 aromatic heterocycles. The summed E-state index contributed by atoms with van der Waals surface area (Å²) < 4.78 is 6.06. The van der Waals surface area contributed by atoms with E-state index in [-0.39, 0.29) is 12.1 Å². The second kappa shape index (κ2) is 6.68. The van der Waals surface area contributed by atoms with Gasteiger partial charge in [0.25, 0.3) is 5.91 Å². The molecule has 2 atom stereocenters. The van der Waals surface area contributed by atoms with Crippen molar-refractivity contribution in [2.24, 2.45) is 5.92 Å². The van der Waals surface area contributed by atoms with Crippen molar-refractivity contribution in [3.05, 3.63) is 62.7 Å². The Morgan fingerprint density at radius 3 is 2.89 bits per heavy atom. The number of anilines is 1. The number of carbonyl (C=O) groups is 1. The highest BCUT2D eigenvalue weighted by molar-refractivity contribution is 7.16. The van der Waals surface area contributed by atoms with E-state index < -0.39 is 0 Å². The van der Waals surface area contributed by atoms with Gasteiger partial charge in [-0.2, -0.15) is 0 Å². The normalized spacial score (nSPS) is 20.9. The maximum absolute atomic E-state index is 12.8. The molecule has 5 rings (SSSR count). The molecule has 4 nitrogen and oxygen atoms in total. The molecule has 0 fully saturated rings. The molecule has 28 heavy (non-hydrogen) atoms. The second-order valence-corrected chi connectivity index (χ2v) is 9.29. The Kier molecular flexibility index (Phi) is 4.25. The molecule has 3 aromatic rings. The molecule has 0 unspecified atom stereocenters. The molecule has 6 heteroatoms. The third kappa shape index (κ3) is 2.93. The van der Waals surface area contributed by atoms with Crippen LogP contribution < -0.4 is 10.6 Å². The number of halogens is 1. The van der Waals surface area contributed by atoms with E-state index in [4.69, 9.17) is 16.0 Å². The zero-order valence-corrected chi connectivity index (χ0v) is 17.3. The molecule has 2 aliphatic rings. The summed E-state index contributed by atoms with van der Waals surface area (Å²) in [6.45, 7) is 4.25. The van der Waals surface area contributed by atoms with Gasteiger partial charge in [0.05, 0.1) is 5.56 Å². The first-order valence-corrected chi connectivity index (χ1v) is 10.8. The summed E-state index contributed by atoms with van der Waals surface area (Å²) >= 11 is 7.96. The minimum absolute atomic E-state index is 0.0119. The topological polar surface area (TPSA) is 54.3 Å². The SMILES string of the molecule is Cc1ccc(-c2ccc([C@@H]3NC(=O)c4c(sc5c4CC[C@@H](C)C5)N3)o2)cc1Cl. The van der Waals surface area contributed by atoms with E-state index in [1.807, 2.05) is 37.3 Å². The predicted molar refractivity (Wildman–Crippen MR) is 113 cm³/mol. The molecule has 1 amide bonds. The van der Waals surface area contributed by atoms with Crippen LogP contribution in [0.3, 0.4) is 0 Å². The summed E-state index contributed by atoms with van der Waals surface area (Å²) in [5, 5.41) is 8.20. The van der Waals surface area contributed by atoms with Gasteiger partial charge >= 0.3 is 0 Å². The van der Waals surface area contributed by atoms with E-state index in [1.165, 1.54) is 10.4 Å². The van der Waals surface area contributed by atoms with E-state index in [2.05, 4.69) is 17.6 Å². The van der Waals surface area contributed by atoms with Crippen LogP contribution >= 0.6 is 22.9 Å². The van der Waals surface area contributed by atoms with Crippen LogP contribution in [-0.4, -0.2) is 5.91 Å². The van der Waals surface area contributed by atoms with E-state index >= 15 is 0 Å². The molecule has 1 aromatic carbocycles. The van der Waals surface area contributed by atoms with Gasteiger partial charge < -0.3 is 15.1 Å². The van der Waals surface area contributed by atoms with E-state index in [9.17, 15) is 4.79 Å². The number of nitrogens with one attached hydrogen (secondary N) is 2. The number of thiophene rings is 1. The standard InChI is InChI=1S/C22H21ClN2O2S/c1-11-3-6-14-18(9-11)28-22-19(14)21(26)24-20(25-22)17-8-7-16(27-17)13-5-4-12(2)15(23)10-13/h4-5,7-8,10-11,20,25H,3,6,9H2,1-2H3,(H,24,26)/t11-,20-/m1/s1. The van der Waals surface area contributed by atoms with Crippen molar-refractivity contribution in [3.8, 4) is 11.3 Å². The molecule has 3 heterocycles. The fourth-order valence-electron chi connectivity index (χ4n) is 4.01. The summed E-state index contributed by atoms with van der Waals surface area (Å²) in [4.78, 5) is 14.2. The number of amides is 1. The lowest BCUT2D eigenvalue weighted by molar-refractivity contribution is 0.0930. The molecule has 0 saturated carbocycles. The van der Waals surface area contributed by atoms with Crippen molar-refractivity contribution >= 4 is 33.8 Å². The Balaban J connectivity index is 1.44. The Bertz CT molecular complexity index is 1080. The summed E-state index contributed by atoms with van der Waals surface area (Å²) in [6.07, 6.45) is 2.83. The first-order chi connectivity index (χ1) is 13.5. The van der Waals surface area contributed by atoms with Gasteiger partial charge in [-0.3, -0.25) is 4.79 Å². The molecule has 144 valence electrons. The second-order valence-electron chi connectivity index (χ2n) is 7.77. The zero-order chi connectivity index (χ0) is 19.4. The highest BCUT2D eigenvalue weighted by atomic mass is 35.5. The number of benzene rings is 1. The average molecular weight is 413 g/mol. The van der Waals surface area contributed by atoms with Gasteiger partial charge in [-0.25, -0.2) is 0 Å². The fraction of sp³-hybridized carbons (Fsp3) is 0.318. The van der Waals surface area contributed by atoms with Crippen molar-refractivity contribution in [1.29, 1.82) is 0 Å². The van der Waals surface area contributed by atoms with Gasteiger partial charge in [0.2, 0.25) is 0 Å². The summed E-state index contributed by atoms with van der Waals surface area (Å²) in [5.41, 5.74) is 4.02. The molecule has 0 spiro atoms. The van der Waals surface area contributed by atoms with Crippen molar-refractivity contribution < 1.29 is 9.21 Å². The van der Waals surface area contributed by atoms with Crippen LogP contribution in [0.25, 0.3) is 11.3 Å². The zero-order valence-electron chi connectivity index (χ0n) is 15.8. The molecular formula is C22H21ClN2O2S. The summed E-state index contributed by atoms with van der Waals surface area (Å²) in [5.74, 6) is 2.09. The van der Waals surface area contributed by atoms with Crippen LogP contribution in [0.15, 0.2) is 34.7 Å². The number of hydrogen-bond donors (Lipinski definition) is 2. The maximum atomic E-state index is 12.8.